The molecule has 1 N–H and O–H groups in total. The molecule has 0 radical (unpaired) electrons. The molecular formula is C13H26N2O. The molecule has 3 nitrogen and oxygen atoms in total. The number of nitrogens with zero attached hydrogens (tertiary/aromatic N) is 1. The van der Waals surface area contributed by atoms with E-state index in [-0.39, 0.29) is 0 Å². The first-order valence-corrected chi connectivity index (χ1v) is 6.79. The highest BCUT2D eigenvalue weighted by atomic mass is 16.5. The van der Waals surface area contributed by atoms with Crippen molar-refractivity contribution in [2.24, 2.45) is 0 Å². The highest BCUT2D eigenvalue weighted by molar-refractivity contribution is 4.96. The molecule has 2 saturated heterocycles. The molecule has 2 aliphatic rings. The number of hydrogen-bond donors (Lipinski definition) is 1. The maximum absolute atomic E-state index is 5.54. The Balaban J connectivity index is 1.98. The number of likely N-dealkylation sites (tertiary alicyclic amines) is 1. The van der Waals surface area contributed by atoms with Gasteiger partial charge in [-0.2, -0.15) is 0 Å². The normalized spacial score (nSPS) is 26.4. The van der Waals surface area contributed by atoms with Crippen LogP contribution in [0.4, 0.5) is 0 Å². The molecule has 0 spiro atoms. The molecule has 0 aromatic carbocycles. The van der Waals surface area contributed by atoms with Gasteiger partial charge in [0.2, 0.25) is 0 Å². The fourth-order valence-corrected chi connectivity index (χ4v) is 2.94. The molecule has 16 heavy (non-hydrogen) atoms. The SMILES string of the molecule is CC(C)NCC1(N2CCCC2)CCOCC1. The van der Waals surface area contributed by atoms with Gasteiger partial charge in [0.15, 0.2) is 0 Å². The smallest absolute Gasteiger partial charge is 0.0484 e. The molecule has 0 unspecified atom stereocenters. The maximum Gasteiger partial charge on any atom is 0.0484 e. The lowest BCUT2D eigenvalue weighted by molar-refractivity contribution is -0.0192. The Hall–Kier alpha value is -0.120. The third kappa shape index (κ3) is 2.76. The van der Waals surface area contributed by atoms with Crippen LogP contribution in [0.25, 0.3) is 0 Å². The second-order valence-electron chi connectivity index (χ2n) is 5.57. The molecule has 0 atom stereocenters. The van der Waals surface area contributed by atoms with E-state index in [1.54, 1.807) is 0 Å². The summed E-state index contributed by atoms with van der Waals surface area (Å²) in [5.74, 6) is 0. The summed E-state index contributed by atoms with van der Waals surface area (Å²) in [7, 11) is 0. The Morgan fingerprint density at radius 2 is 1.81 bits per heavy atom. The van der Waals surface area contributed by atoms with E-state index in [2.05, 4.69) is 24.1 Å². The zero-order valence-electron chi connectivity index (χ0n) is 10.8. The summed E-state index contributed by atoms with van der Waals surface area (Å²) in [6.07, 6.45) is 5.16. The fourth-order valence-electron chi connectivity index (χ4n) is 2.94. The van der Waals surface area contributed by atoms with Crippen LogP contribution >= 0.6 is 0 Å². The largest absolute Gasteiger partial charge is 0.381 e. The summed E-state index contributed by atoms with van der Waals surface area (Å²) in [5.41, 5.74) is 0.388. The minimum absolute atomic E-state index is 0.388. The molecule has 3 heteroatoms. The zero-order chi connectivity index (χ0) is 11.4. The second-order valence-corrected chi connectivity index (χ2v) is 5.57. The Bertz CT molecular complexity index is 206. The van der Waals surface area contributed by atoms with E-state index >= 15 is 0 Å². The lowest BCUT2D eigenvalue weighted by atomic mass is 9.88. The first-order valence-electron chi connectivity index (χ1n) is 6.79. The molecule has 0 aromatic rings. The molecule has 0 aromatic heterocycles. The summed E-state index contributed by atoms with van der Waals surface area (Å²) in [4.78, 5) is 2.71. The minimum atomic E-state index is 0.388. The average molecular weight is 226 g/mol. The van der Waals surface area contributed by atoms with Gasteiger partial charge in [-0.1, -0.05) is 13.8 Å². The van der Waals surface area contributed by atoms with Crippen molar-refractivity contribution in [2.45, 2.75) is 51.1 Å². The third-order valence-electron chi connectivity index (χ3n) is 4.04. The van der Waals surface area contributed by atoms with Gasteiger partial charge in [-0.15, -0.1) is 0 Å². The molecule has 2 aliphatic heterocycles. The zero-order valence-corrected chi connectivity index (χ0v) is 10.8. The number of nitrogens with one attached hydrogen (secondary N) is 1. The lowest BCUT2D eigenvalue weighted by Crippen LogP contribution is -2.57. The van der Waals surface area contributed by atoms with E-state index < -0.39 is 0 Å². The average Bonchev–Trinajstić information content (AvgIpc) is 2.82. The van der Waals surface area contributed by atoms with Crippen LogP contribution in [-0.4, -0.2) is 49.3 Å². The first kappa shape index (κ1) is 12.3. The van der Waals surface area contributed by atoms with E-state index in [1.807, 2.05) is 0 Å². The van der Waals surface area contributed by atoms with Crippen molar-refractivity contribution < 1.29 is 4.74 Å². The number of rotatable bonds is 4. The van der Waals surface area contributed by atoms with Crippen LogP contribution < -0.4 is 5.32 Å². The van der Waals surface area contributed by atoms with Crippen molar-refractivity contribution in [1.29, 1.82) is 0 Å². The Morgan fingerprint density at radius 3 is 2.38 bits per heavy atom. The van der Waals surface area contributed by atoms with Crippen LogP contribution in [0.15, 0.2) is 0 Å². The van der Waals surface area contributed by atoms with Crippen molar-refractivity contribution in [3.05, 3.63) is 0 Å². The molecule has 94 valence electrons. The van der Waals surface area contributed by atoms with Crippen LogP contribution in [-0.2, 0) is 4.74 Å². The predicted octanol–water partition coefficient (Wildman–Crippen LogP) is 1.63. The Kier molecular flexibility index (Phi) is 4.22. The fraction of sp³-hybridized carbons (Fsp3) is 1.00. The quantitative estimate of drug-likeness (QED) is 0.788. The van der Waals surface area contributed by atoms with Gasteiger partial charge in [-0.3, -0.25) is 4.90 Å². The summed E-state index contributed by atoms with van der Waals surface area (Å²) in [5, 5.41) is 3.64. The monoisotopic (exact) mass is 226 g/mol. The van der Waals surface area contributed by atoms with Crippen molar-refractivity contribution >= 4 is 0 Å². The van der Waals surface area contributed by atoms with Gasteiger partial charge in [0.05, 0.1) is 0 Å². The van der Waals surface area contributed by atoms with Gasteiger partial charge in [-0.25, -0.2) is 0 Å². The number of ether oxygens (including phenoxy) is 1. The number of hydrogen-bond acceptors (Lipinski definition) is 3. The van der Waals surface area contributed by atoms with Gasteiger partial charge in [0.25, 0.3) is 0 Å². The predicted molar refractivity (Wildman–Crippen MR) is 66.7 cm³/mol. The molecule has 2 rings (SSSR count). The topological polar surface area (TPSA) is 24.5 Å². The van der Waals surface area contributed by atoms with E-state index in [0.717, 1.165) is 19.8 Å². The highest BCUT2D eigenvalue weighted by Gasteiger charge is 2.39. The van der Waals surface area contributed by atoms with E-state index in [9.17, 15) is 0 Å². The molecule has 2 fully saturated rings. The molecule has 0 aliphatic carbocycles. The van der Waals surface area contributed by atoms with Crippen LogP contribution in [0.2, 0.25) is 0 Å². The Labute approximate surface area is 99.5 Å². The van der Waals surface area contributed by atoms with E-state index in [4.69, 9.17) is 4.74 Å². The molecule has 0 bridgehead atoms. The summed E-state index contributed by atoms with van der Waals surface area (Å²) in [6.45, 7) is 10.1. The summed E-state index contributed by atoms with van der Waals surface area (Å²) >= 11 is 0. The standard InChI is InChI=1S/C13H26N2O/c1-12(2)14-11-13(5-9-16-10-6-13)15-7-3-4-8-15/h12,14H,3-11H2,1-2H3. The van der Waals surface area contributed by atoms with Crippen molar-refractivity contribution in [2.75, 3.05) is 32.8 Å². The maximum atomic E-state index is 5.54. The van der Waals surface area contributed by atoms with Crippen LogP contribution in [0, 0.1) is 0 Å². The lowest BCUT2D eigenvalue weighted by Gasteiger charge is -2.45. The summed E-state index contributed by atoms with van der Waals surface area (Å²) in [6, 6.07) is 0.585. The van der Waals surface area contributed by atoms with E-state index in [0.29, 0.717) is 11.6 Å². The molecule has 0 saturated carbocycles. The van der Waals surface area contributed by atoms with Crippen LogP contribution in [0.3, 0.4) is 0 Å². The molecule has 2 heterocycles. The van der Waals surface area contributed by atoms with Crippen molar-refractivity contribution in [3.63, 3.8) is 0 Å². The van der Waals surface area contributed by atoms with Gasteiger partial charge in [0.1, 0.15) is 0 Å². The Morgan fingerprint density at radius 1 is 1.19 bits per heavy atom. The van der Waals surface area contributed by atoms with Crippen molar-refractivity contribution in [1.82, 2.24) is 10.2 Å². The minimum Gasteiger partial charge on any atom is -0.381 e. The van der Waals surface area contributed by atoms with Gasteiger partial charge in [0, 0.05) is 31.3 Å². The van der Waals surface area contributed by atoms with Gasteiger partial charge < -0.3 is 10.1 Å². The third-order valence-corrected chi connectivity index (χ3v) is 4.04. The van der Waals surface area contributed by atoms with Gasteiger partial charge in [-0.05, 0) is 38.8 Å². The highest BCUT2D eigenvalue weighted by Crippen LogP contribution is 2.30. The van der Waals surface area contributed by atoms with Crippen LogP contribution in [0.1, 0.15) is 39.5 Å². The van der Waals surface area contributed by atoms with Gasteiger partial charge >= 0.3 is 0 Å². The second kappa shape index (κ2) is 5.48. The first-order chi connectivity index (χ1) is 7.73. The van der Waals surface area contributed by atoms with Crippen molar-refractivity contribution in [3.8, 4) is 0 Å². The van der Waals surface area contributed by atoms with E-state index in [1.165, 1.54) is 38.8 Å². The molecular weight excluding hydrogens is 200 g/mol. The molecule has 0 amide bonds. The summed E-state index contributed by atoms with van der Waals surface area (Å²) < 4.78 is 5.54. The van der Waals surface area contributed by atoms with Crippen LogP contribution in [0.5, 0.6) is 0 Å².